The molecule has 7 rings (SSSR count). The van der Waals surface area contributed by atoms with Gasteiger partial charge in [0.15, 0.2) is 5.69 Å². The van der Waals surface area contributed by atoms with Crippen LogP contribution in [0.1, 0.15) is 34.0 Å². The van der Waals surface area contributed by atoms with Crippen molar-refractivity contribution in [1.29, 1.82) is 0 Å². The summed E-state index contributed by atoms with van der Waals surface area (Å²) in [4.78, 5) is 43.1. The van der Waals surface area contributed by atoms with Crippen LogP contribution >= 0.6 is 0 Å². The van der Waals surface area contributed by atoms with Crippen LogP contribution < -0.4 is 5.32 Å². The summed E-state index contributed by atoms with van der Waals surface area (Å²) >= 11 is 0. The summed E-state index contributed by atoms with van der Waals surface area (Å²) in [5, 5.41) is 12.1. The van der Waals surface area contributed by atoms with Gasteiger partial charge in [-0.3, -0.25) is 14.9 Å². The van der Waals surface area contributed by atoms with Crippen LogP contribution in [0.5, 0.6) is 0 Å². The van der Waals surface area contributed by atoms with Crippen molar-refractivity contribution in [3.63, 3.8) is 0 Å². The minimum atomic E-state index is -0.875. The molecule has 176 valence electrons. The van der Waals surface area contributed by atoms with E-state index in [1.54, 1.807) is 17.0 Å². The monoisotopic (exact) mass is 469 g/mol. The maximum absolute atomic E-state index is 13.2. The van der Waals surface area contributed by atoms with Crippen molar-refractivity contribution in [2.24, 2.45) is 11.8 Å². The van der Waals surface area contributed by atoms with Gasteiger partial charge < -0.3 is 14.7 Å². The van der Waals surface area contributed by atoms with Gasteiger partial charge in [0.1, 0.15) is 6.61 Å². The Morgan fingerprint density at radius 1 is 1.00 bits per heavy atom. The van der Waals surface area contributed by atoms with Gasteiger partial charge >= 0.3 is 12.1 Å². The molecular weight excluding hydrogens is 446 g/mol. The normalized spacial score (nSPS) is 21.6. The number of carboxylic acid groups (broad SMARTS) is 1. The van der Waals surface area contributed by atoms with Gasteiger partial charge in [0.25, 0.3) is 5.91 Å². The van der Waals surface area contributed by atoms with Gasteiger partial charge in [-0.1, -0.05) is 48.5 Å². The fraction of sp³-hybridized carbons (Fsp3) is 0.259. The third-order valence-corrected chi connectivity index (χ3v) is 7.43. The molecule has 2 aromatic carbocycles. The first kappa shape index (κ1) is 21.3. The Kier molecular flexibility index (Phi) is 5.02. The molecule has 2 aliphatic carbocycles. The van der Waals surface area contributed by atoms with Crippen LogP contribution in [0.25, 0.3) is 11.1 Å². The van der Waals surface area contributed by atoms with Crippen molar-refractivity contribution < 1.29 is 24.2 Å². The predicted octanol–water partition coefficient (Wildman–Crippen LogP) is 3.99. The number of benzene rings is 2. The maximum Gasteiger partial charge on any atom is 0.411 e. The van der Waals surface area contributed by atoms with E-state index >= 15 is 0 Å². The molecule has 3 fully saturated rings. The lowest BCUT2D eigenvalue weighted by Gasteiger charge is -2.33. The number of anilines is 1. The molecule has 1 saturated carbocycles. The number of pyridine rings is 1. The van der Waals surface area contributed by atoms with Gasteiger partial charge in [-0.25, -0.2) is 9.78 Å². The van der Waals surface area contributed by atoms with Gasteiger partial charge in [-0.05, 0) is 46.7 Å². The fourth-order valence-corrected chi connectivity index (χ4v) is 5.78. The number of nitrogens with one attached hydrogen (secondary N) is 1. The summed E-state index contributed by atoms with van der Waals surface area (Å²) in [7, 11) is 0. The first-order chi connectivity index (χ1) is 17.0. The molecule has 2 amide bonds. The van der Waals surface area contributed by atoms with Crippen LogP contribution in [-0.2, 0) is 9.53 Å². The number of amides is 2. The Morgan fingerprint density at radius 2 is 1.69 bits per heavy atom. The molecule has 8 nitrogen and oxygen atoms in total. The molecule has 2 saturated heterocycles. The molecular formula is C27H23N3O5. The van der Waals surface area contributed by atoms with E-state index in [2.05, 4.69) is 22.4 Å². The summed E-state index contributed by atoms with van der Waals surface area (Å²) < 4.78 is 5.60. The first-order valence-electron chi connectivity index (χ1n) is 11.6. The van der Waals surface area contributed by atoms with E-state index in [1.807, 2.05) is 36.4 Å². The summed E-state index contributed by atoms with van der Waals surface area (Å²) in [6.07, 6.45) is 1.48. The summed E-state index contributed by atoms with van der Waals surface area (Å²) in [5.74, 6) is -1.88. The van der Waals surface area contributed by atoms with E-state index in [-0.39, 0.29) is 41.8 Å². The van der Waals surface area contributed by atoms with Crippen LogP contribution in [0.2, 0.25) is 0 Å². The first-order valence-corrected chi connectivity index (χ1v) is 11.6. The average molecular weight is 469 g/mol. The van der Waals surface area contributed by atoms with E-state index < -0.39 is 18.0 Å². The Bertz CT molecular complexity index is 1310. The number of hydrogen-bond acceptors (Lipinski definition) is 5. The Morgan fingerprint density at radius 3 is 2.34 bits per heavy atom. The SMILES string of the molecule is O=C(Nc1cccnc1C(=O)N1CC2CC1C2C(=O)O)OCC1c2ccccc2-c2ccccc21. The molecule has 3 aromatic rings. The van der Waals surface area contributed by atoms with Gasteiger partial charge in [-0.2, -0.15) is 0 Å². The highest BCUT2D eigenvalue weighted by atomic mass is 16.5. The lowest BCUT2D eigenvalue weighted by atomic mass is 9.74. The standard InChI is InChI=1S/C27H23N3O5/c31-25(30-13-15-12-22(30)23(15)26(32)33)24-21(10-5-11-28-24)29-27(34)35-14-20-18-8-3-1-6-16(18)17-7-2-4-9-19(17)20/h1-11,15,20,22-23H,12-14H2,(H,29,34)(H,32,33). The maximum atomic E-state index is 13.2. The minimum Gasteiger partial charge on any atom is -0.481 e. The van der Waals surface area contributed by atoms with Crippen molar-refractivity contribution >= 4 is 23.7 Å². The van der Waals surface area contributed by atoms with Gasteiger partial charge in [0, 0.05) is 24.7 Å². The number of rotatable bonds is 5. The topological polar surface area (TPSA) is 109 Å². The number of carbonyl (C=O) groups excluding carboxylic acids is 2. The molecule has 3 heterocycles. The molecule has 3 unspecified atom stereocenters. The molecule has 35 heavy (non-hydrogen) atoms. The zero-order chi connectivity index (χ0) is 24.1. The minimum absolute atomic E-state index is 0.0243. The van der Waals surface area contributed by atoms with Crippen molar-refractivity contribution in [2.75, 3.05) is 18.5 Å². The van der Waals surface area contributed by atoms with E-state index in [0.717, 1.165) is 22.3 Å². The van der Waals surface area contributed by atoms with Crippen LogP contribution in [0.3, 0.4) is 0 Å². The predicted molar refractivity (Wildman–Crippen MR) is 127 cm³/mol. The van der Waals surface area contributed by atoms with E-state index in [0.29, 0.717) is 13.0 Å². The molecule has 4 aliphatic rings. The zero-order valence-corrected chi connectivity index (χ0v) is 18.8. The highest BCUT2D eigenvalue weighted by molar-refractivity contribution is 6.01. The Balaban J connectivity index is 1.16. The van der Waals surface area contributed by atoms with Crippen LogP contribution in [0.4, 0.5) is 10.5 Å². The molecule has 2 N–H and O–H groups in total. The molecule has 2 bridgehead atoms. The summed E-state index contributed by atoms with van der Waals surface area (Å²) in [5.41, 5.74) is 4.82. The van der Waals surface area contributed by atoms with E-state index in [9.17, 15) is 19.5 Å². The van der Waals surface area contributed by atoms with Crippen LogP contribution in [0, 0.1) is 11.8 Å². The number of nitrogens with zero attached hydrogens (tertiary/aromatic N) is 2. The van der Waals surface area contributed by atoms with Crippen molar-refractivity contribution in [3.05, 3.63) is 83.7 Å². The number of fused-ring (bicyclic) bond motifs is 4. The fourth-order valence-electron chi connectivity index (χ4n) is 5.78. The number of carboxylic acids is 1. The van der Waals surface area contributed by atoms with E-state index in [1.165, 1.54) is 6.20 Å². The Labute approximate surface area is 201 Å². The highest BCUT2D eigenvalue weighted by Gasteiger charge is 2.57. The number of carbonyl (C=O) groups is 3. The Hall–Kier alpha value is -4.20. The number of aromatic nitrogens is 1. The average Bonchev–Trinajstić information content (AvgIpc) is 3.53. The second-order valence-corrected chi connectivity index (χ2v) is 9.23. The molecule has 8 heteroatoms. The second-order valence-electron chi connectivity index (χ2n) is 9.23. The summed E-state index contributed by atoms with van der Waals surface area (Å²) in [6, 6.07) is 19.1. The summed E-state index contributed by atoms with van der Waals surface area (Å²) in [6.45, 7) is 0.543. The quantitative estimate of drug-likeness (QED) is 0.585. The largest absolute Gasteiger partial charge is 0.481 e. The lowest BCUT2D eigenvalue weighted by Crippen LogP contribution is -2.45. The third kappa shape index (κ3) is 3.44. The van der Waals surface area contributed by atoms with Crippen molar-refractivity contribution in [1.82, 2.24) is 9.88 Å². The van der Waals surface area contributed by atoms with Gasteiger partial charge in [0.2, 0.25) is 0 Å². The zero-order valence-electron chi connectivity index (χ0n) is 18.8. The molecule has 0 radical (unpaired) electrons. The van der Waals surface area contributed by atoms with Crippen molar-refractivity contribution in [3.8, 4) is 11.1 Å². The smallest absolute Gasteiger partial charge is 0.411 e. The lowest BCUT2D eigenvalue weighted by molar-refractivity contribution is -0.147. The molecule has 1 aromatic heterocycles. The van der Waals surface area contributed by atoms with Gasteiger partial charge in [-0.15, -0.1) is 0 Å². The number of aliphatic carboxylic acids is 1. The number of hydrogen-bond donors (Lipinski definition) is 2. The second kappa shape index (κ2) is 8.23. The van der Waals surface area contributed by atoms with Crippen LogP contribution in [-0.4, -0.2) is 52.2 Å². The highest BCUT2D eigenvalue weighted by Crippen LogP contribution is 2.47. The van der Waals surface area contributed by atoms with E-state index in [4.69, 9.17) is 4.74 Å². The number of ether oxygens (including phenoxy) is 1. The van der Waals surface area contributed by atoms with Crippen LogP contribution in [0.15, 0.2) is 66.9 Å². The molecule has 0 spiro atoms. The third-order valence-electron chi connectivity index (χ3n) is 7.43. The van der Waals surface area contributed by atoms with Gasteiger partial charge in [0.05, 0.1) is 11.6 Å². The molecule has 2 aliphatic heterocycles. The molecule has 3 atom stereocenters. The van der Waals surface area contributed by atoms with Crippen molar-refractivity contribution in [2.45, 2.75) is 18.4 Å².